The van der Waals surface area contributed by atoms with Gasteiger partial charge < -0.3 is 9.64 Å². The number of nitrogens with one attached hydrogen (secondary N) is 1. The highest BCUT2D eigenvalue weighted by Crippen LogP contribution is 2.26. The van der Waals surface area contributed by atoms with E-state index in [1.54, 1.807) is 26.0 Å². The van der Waals surface area contributed by atoms with Crippen molar-refractivity contribution in [2.75, 3.05) is 29.3 Å². The van der Waals surface area contributed by atoms with Gasteiger partial charge in [-0.05, 0) is 57.9 Å². The number of hydrogen-bond donors (Lipinski definition) is 1. The van der Waals surface area contributed by atoms with Crippen LogP contribution in [0.1, 0.15) is 31.2 Å². The Hall–Kier alpha value is -2.35. The highest BCUT2D eigenvalue weighted by Gasteiger charge is 2.21. The van der Waals surface area contributed by atoms with Crippen LogP contribution in [0.2, 0.25) is 0 Å². The molecule has 0 spiro atoms. The van der Waals surface area contributed by atoms with E-state index in [0.29, 0.717) is 35.4 Å². The van der Waals surface area contributed by atoms with Crippen molar-refractivity contribution in [1.82, 2.24) is 9.97 Å². The van der Waals surface area contributed by atoms with Gasteiger partial charge in [0.25, 0.3) is 10.0 Å². The molecule has 1 N–H and O–H groups in total. The summed E-state index contributed by atoms with van der Waals surface area (Å²) in [5.74, 6) is 1.30. The first-order valence-electron chi connectivity index (χ1n) is 8.76. The standard InChI is InChI=1S/C18H24N4O3S/c1-4-25-15-7-9-16(10-8-15)26(23,24)21-17-13(2)19-18(20-14(17)3)22-11-5-6-12-22/h7-10,21H,4-6,11-12H2,1-3H3. The summed E-state index contributed by atoms with van der Waals surface area (Å²) in [5, 5.41) is 0. The molecule has 1 saturated heterocycles. The number of benzene rings is 1. The van der Waals surface area contributed by atoms with E-state index < -0.39 is 10.0 Å². The molecule has 0 radical (unpaired) electrons. The highest BCUT2D eigenvalue weighted by molar-refractivity contribution is 7.92. The van der Waals surface area contributed by atoms with E-state index in [1.165, 1.54) is 12.1 Å². The molecule has 7 nitrogen and oxygen atoms in total. The van der Waals surface area contributed by atoms with Crippen LogP contribution in [0.5, 0.6) is 5.75 Å². The molecule has 8 heteroatoms. The first-order chi connectivity index (χ1) is 12.4. The van der Waals surface area contributed by atoms with Crippen molar-refractivity contribution < 1.29 is 13.2 Å². The average molecular weight is 376 g/mol. The third-order valence-electron chi connectivity index (χ3n) is 4.33. The fraction of sp³-hybridized carbons (Fsp3) is 0.444. The van der Waals surface area contributed by atoms with Crippen LogP contribution in [-0.4, -0.2) is 38.1 Å². The van der Waals surface area contributed by atoms with Gasteiger partial charge in [-0.2, -0.15) is 0 Å². The van der Waals surface area contributed by atoms with Gasteiger partial charge in [0.1, 0.15) is 5.75 Å². The monoisotopic (exact) mass is 376 g/mol. The largest absolute Gasteiger partial charge is 0.494 e. The molecule has 2 aromatic rings. The topological polar surface area (TPSA) is 84.4 Å². The van der Waals surface area contributed by atoms with Gasteiger partial charge in [-0.25, -0.2) is 18.4 Å². The van der Waals surface area contributed by atoms with Crippen LogP contribution in [0.25, 0.3) is 0 Å². The maximum absolute atomic E-state index is 12.7. The molecule has 2 heterocycles. The average Bonchev–Trinajstić information content (AvgIpc) is 3.13. The third kappa shape index (κ3) is 3.90. The van der Waals surface area contributed by atoms with Crippen LogP contribution in [-0.2, 0) is 10.0 Å². The molecule has 0 saturated carbocycles. The van der Waals surface area contributed by atoms with Gasteiger partial charge in [0.05, 0.1) is 28.6 Å². The number of anilines is 2. The molecule has 0 amide bonds. The number of rotatable bonds is 6. The third-order valence-corrected chi connectivity index (χ3v) is 5.70. The van der Waals surface area contributed by atoms with E-state index in [0.717, 1.165) is 25.9 Å². The first-order valence-corrected chi connectivity index (χ1v) is 10.2. The number of nitrogens with zero attached hydrogens (tertiary/aromatic N) is 3. The first kappa shape index (κ1) is 18.4. The molecule has 0 atom stereocenters. The van der Waals surface area contributed by atoms with Crippen LogP contribution < -0.4 is 14.4 Å². The second-order valence-electron chi connectivity index (χ2n) is 6.27. The quantitative estimate of drug-likeness (QED) is 0.834. The van der Waals surface area contributed by atoms with E-state index in [2.05, 4.69) is 19.6 Å². The molecule has 1 aromatic heterocycles. The molecule has 1 aromatic carbocycles. The number of aryl methyl sites for hydroxylation is 2. The van der Waals surface area contributed by atoms with Crippen LogP contribution in [0.3, 0.4) is 0 Å². The lowest BCUT2D eigenvalue weighted by atomic mass is 10.3. The predicted molar refractivity (Wildman–Crippen MR) is 101 cm³/mol. The van der Waals surface area contributed by atoms with Gasteiger partial charge in [0.2, 0.25) is 5.95 Å². The lowest BCUT2D eigenvalue weighted by Gasteiger charge is -2.19. The normalized spacial score (nSPS) is 14.5. The highest BCUT2D eigenvalue weighted by atomic mass is 32.2. The Morgan fingerprint density at radius 3 is 2.19 bits per heavy atom. The number of sulfonamides is 1. The molecule has 0 bridgehead atoms. The minimum Gasteiger partial charge on any atom is -0.494 e. The van der Waals surface area contributed by atoms with Crippen molar-refractivity contribution in [3.05, 3.63) is 35.7 Å². The molecule has 1 aliphatic heterocycles. The zero-order valence-electron chi connectivity index (χ0n) is 15.3. The fourth-order valence-corrected chi connectivity index (χ4v) is 4.16. The zero-order chi connectivity index (χ0) is 18.7. The summed E-state index contributed by atoms with van der Waals surface area (Å²) < 4.78 is 33.4. The maximum atomic E-state index is 12.7. The molecule has 1 aliphatic rings. The van der Waals surface area contributed by atoms with Gasteiger partial charge in [-0.1, -0.05) is 0 Å². The van der Waals surface area contributed by atoms with Gasteiger partial charge in [0, 0.05) is 13.1 Å². The minimum atomic E-state index is -3.72. The van der Waals surface area contributed by atoms with Crippen LogP contribution in [0, 0.1) is 13.8 Å². The van der Waals surface area contributed by atoms with Crippen LogP contribution >= 0.6 is 0 Å². The zero-order valence-corrected chi connectivity index (χ0v) is 16.1. The Bertz CT molecular complexity index is 853. The van der Waals surface area contributed by atoms with E-state index >= 15 is 0 Å². The molecule has 0 aliphatic carbocycles. The predicted octanol–water partition coefficient (Wildman–Crippen LogP) is 2.89. The van der Waals surface area contributed by atoms with Crippen molar-refractivity contribution in [3.8, 4) is 5.75 Å². The van der Waals surface area contributed by atoms with Gasteiger partial charge >= 0.3 is 0 Å². The van der Waals surface area contributed by atoms with E-state index in [-0.39, 0.29) is 4.90 Å². The van der Waals surface area contributed by atoms with Gasteiger partial charge in [0.15, 0.2) is 0 Å². The Morgan fingerprint density at radius 1 is 1.08 bits per heavy atom. The summed E-state index contributed by atoms with van der Waals surface area (Å²) >= 11 is 0. The molecule has 26 heavy (non-hydrogen) atoms. The molecule has 140 valence electrons. The summed E-state index contributed by atoms with van der Waals surface area (Å²) in [6.45, 7) is 7.88. The lowest BCUT2D eigenvalue weighted by Crippen LogP contribution is -2.22. The SMILES string of the molecule is CCOc1ccc(S(=O)(=O)Nc2c(C)nc(N3CCCC3)nc2C)cc1. The Kier molecular flexibility index (Phi) is 5.31. The van der Waals surface area contributed by atoms with Crippen molar-refractivity contribution in [2.24, 2.45) is 0 Å². The van der Waals surface area contributed by atoms with Crippen LogP contribution in [0.4, 0.5) is 11.6 Å². The van der Waals surface area contributed by atoms with Crippen molar-refractivity contribution in [2.45, 2.75) is 38.5 Å². The summed E-state index contributed by atoms with van der Waals surface area (Å²) in [7, 11) is -3.72. The fourth-order valence-electron chi connectivity index (χ4n) is 2.98. The van der Waals surface area contributed by atoms with Crippen LogP contribution in [0.15, 0.2) is 29.2 Å². The van der Waals surface area contributed by atoms with Crippen molar-refractivity contribution in [1.29, 1.82) is 0 Å². The van der Waals surface area contributed by atoms with Gasteiger partial charge in [-0.3, -0.25) is 4.72 Å². The molecular weight excluding hydrogens is 352 g/mol. The second kappa shape index (κ2) is 7.49. The molecule has 1 fully saturated rings. The summed E-state index contributed by atoms with van der Waals surface area (Å²) in [5.41, 5.74) is 1.67. The van der Waals surface area contributed by atoms with Crippen molar-refractivity contribution in [3.63, 3.8) is 0 Å². The summed E-state index contributed by atoms with van der Waals surface area (Å²) in [6, 6.07) is 6.34. The molecule has 3 rings (SSSR count). The van der Waals surface area contributed by atoms with Crippen molar-refractivity contribution >= 4 is 21.7 Å². The Balaban J connectivity index is 1.84. The Morgan fingerprint density at radius 2 is 1.65 bits per heavy atom. The van der Waals surface area contributed by atoms with Gasteiger partial charge in [-0.15, -0.1) is 0 Å². The number of hydrogen-bond acceptors (Lipinski definition) is 6. The Labute approximate surface area is 154 Å². The maximum Gasteiger partial charge on any atom is 0.262 e. The molecule has 0 unspecified atom stereocenters. The number of aromatic nitrogens is 2. The lowest BCUT2D eigenvalue weighted by molar-refractivity contribution is 0.340. The summed E-state index contributed by atoms with van der Waals surface area (Å²) in [6.07, 6.45) is 2.27. The van der Waals surface area contributed by atoms with E-state index in [1.807, 2.05) is 6.92 Å². The van der Waals surface area contributed by atoms with E-state index in [4.69, 9.17) is 4.74 Å². The summed E-state index contributed by atoms with van der Waals surface area (Å²) in [4.78, 5) is 11.3. The number of ether oxygens (including phenoxy) is 1. The molecular formula is C18H24N4O3S. The smallest absolute Gasteiger partial charge is 0.262 e. The van der Waals surface area contributed by atoms with E-state index in [9.17, 15) is 8.42 Å². The minimum absolute atomic E-state index is 0.170. The second-order valence-corrected chi connectivity index (χ2v) is 7.96.